The van der Waals surface area contributed by atoms with Crippen molar-refractivity contribution in [2.75, 3.05) is 6.54 Å². The van der Waals surface area contributed by atoms with E-state index in [1.54, 1.807) is 0 Å². The number of rotatable bonds is 0. The van der Waals surface area contributed by atoms with Crippen LogP contribution in [0.3, 0.4) is 0 Å². The number of hydrogen-bond donors (Lipinski definition) is 1. The van der Waals surface area contributed by atoms with E-state index in [1.807, 2.05) is 0 Å². The molecule has 0 aromatic rings. The molecule has 0 aromatic carbocycles. The van der Waals surface area contributed by atoms with Gasteiger partial charge in [0.15, 0.2) is 0 Å². The average molecular weight is 122 g/mol. The van der Waals surface area contributed by atoms with Crippen LogP contribution in [0.1, 0.15) is 13.3 Å². The van der Waals surface area contributed by atoms with Gasteiger partial charge in [0.05, 0.1) is 12.1 Å². The minimum Gasteiger partial charge on any atom is -0.298 e. The zero-order valence-electron chi connectivity index (χ0n) is 5.52. The lowest BCUT2D eigenvalue weighted by Gasteiger charge is -2.14. The molecular formula is C7H10N2. The molecule has 2 heteroatoms. The molecule has 0 saturated heterocycles. The van der Waals surface area contributed by atoms with E-state index >= 15 is 0 Å². The lowest BCUT2D eigenvalue weighted by atomic mass is 10.1. The third kappa shape index (κ3) is 1.55. The Kier molecular flexibility index (Phi) is 1.86. The average Bonchev–Trinajstić information content (AvgIpc) is 1.90. The maximum Gasteiger partial charge on any atom is 0.0990 e. The van der Waals surface area contributed by atoms with Crippen molar-refractivity contribution in [3.8, 4) is 6.07 Å². The third-order valence-electron chi connectivity index (χ3n) is 1.49. The molecule has 1 rings (SSSR count). The Bertz CT molecular complexity index is 164. The molecule has 9 heavy (non-hydrogen) atoms. The molecule has 1 N–H and O–H groups in total. The fraction of sp³-hybridized carbons (Fsp3) is 0.571. The normalized spacial score (nSPS) is 26.7. The predicted molar refractivity (Wildman–Crippen MR) is 35.8 cm³/mol. The molecule has 1 aliphatic rings. The Morgan fingerprint density at radius 2 is 2.67 bits per heavy atom. The summed E-state index contributed by atoms with van der Waals surface area (Å²) in [7, 11) is 0. The van der Waals surface area contributed by atoms with Crippen LogP contribution in [0.5, 0.6) is 0 Å². The standard InChI is InChI=1S/C7H10N2/c1-6-2-3-7(4-8)9-5-6/h2,7,9H,3,5H2,1H3. The van der Waals surface area contributed by atoms with Gasteiger partial charge in [0.25, 0.3) is 0 Å². The van der Waals surface area contributed by atoms with Gasteiger partial charge in [-0.1, -0.05) is 11.6 Å². The lowest BCUT2D eigenvalue weighted by Crippen LogP contribution is -2.31. The van der Waals surface area contributed by atoms with Crippen molar-refractivity contribution < 1.29 is 0 Å². The quantitative estimate of drug-likeness (QED) is 0.483. The highest BCUT2D eigenvalue weighted by molar-refractivity contribution is 5.10. The lowest BCUT2D eigenvalue weighted by molar-refractivity contribution is 0.611. The second kappa shape index (κ2) is 2.65. The predicted octanol–water partition coefficient (Wildman–Crippen LogP) is 0.818. The van der Waals surface area contributed by atoms with Gasteiger partial charge in [-0.3, -0.25) is 5.32 Å². The highest BCUT2D eigenvalue weighted by atomic mass is 14.9. The summed E-state index contributed by atoms with van der Waals surface area (Å²) in [5.74, 6) is 0. The van der Waals surface area contributed by atoms with Crippen LogP contribution in [0.2, 0.25) is 0 Å². The summed E-state index contributed by atoms with van der Waals surface area (Å²) in [4.78, 5) is 0. The van der Waals surface area contributed by atoms with E-state index in [9.17, 15) is 0 Å². The van der Waals surface area contributed by atoms with Crippen molar-refractivity contribution in [2.45, 2.75) is 19.4 Å². The van der Waals surface area contributed by atoms with Crippen molar-refractivity contribution in [2.24, 2.45) is 0 Å². The van der Waals surface area contributed by atoms with Gasteiger partial charge in [0, 0.05) is 6.54 Å². The van der Waals surface area contributed by atoms with E-state index in [0.29, 0.717) is 0 Å². The fourth-order valence-electron chi connectivity index (χ4n) is 0.857. The molecule has 0 fully saturated rings. The molecule has 0 aromatic heterocycles. The van der Waals surface area contributed by atoms with Crippen LogP contribution in [-0.4, -0.2) is 12.6 Å². The number of nitrogens with zero attached hydrogens (tertiary/aromatic N) is 1. The topological polar surface area (TPSA) is 35.8 Å². The summed E-state index contributed by atoms with van der Waals surface area (Å²) in [6.45, 7) is 2.94. The highest BCUT2D eigenvalue weighted by Crippen LogP contribution is 2.03. The summed E-state index contributed by atoms with van der Waals surface area (Å²) in [6.07, 6.45) is 2.98. The molecule has 1 heterocycles. The molecule has 0 bridgehead atoms. The molecule has 2 nitrogen and oxygen atoms in total. The van der Waals surface area contributed by atoms with Gasteiger partial charge in [-0.25, -0.2) is 0 Å². The molecule has 0 aliphatic carbocycles. The first kappa shape index (κ1) is 6.31. The number of hydrogen-bond acceptors (Lipinski definition) is 2. The minimum atomic E-state index is 0.0497. The zero-order chi connectivity index (χ0) is 6.69. The van der Waals surface area contributed by atoms with E-state index in [0.717, 1.165) is 13.0 Å². The van der Waals surface area contributed by atoms with Crippen LogP contribution >= 0.6 is 0 Å². The Labute approximate surface area is 55.2 Å². The van der Waals surface area contributed by atoms with Gasteiger partial charge in [0.2, 0.25) is 0 Å². The van der Waals surface area contributed by atoms with Crippen LogP contribution in [0.15, 0.2) is 11.6 Å². The summed E-state index contributed by atoms with van der Waals surface area (Å²) >= 11 is 0. The third-order valence-corrected chi connectivity index (χ3v) is 1.49. The summed E-state index contributed by atoms with van der Waals surface area (Å²) in [5, 5.41) is 11.5. The van der Waals surface area contributed by atoms with Gasteiger partial charge in [-0.2, -0.15) is 5.26 Å². The maximum absolute atomic E-state index is 8.44. The number of nitrogens with one attached hydrogen (secondary N) is 1. The van der Waals surface area contributed by atoms with Crippen LogP contribution in [0.4, 0.5) is 0 Å². The molecular weight excluding hydrogens is 112 g/mol. The minimum absolute atomic E-state index is 0.0497. The first-order chi connectivity index (χ1) is 4.33. The Morgan fingerprint density at radius 1 is 1.89 bits per heavy atom. The number of nitriles is 1. The molecule has 1 unspecified atom stereocenters. The van der Waals surface area contributed by atoms with Gasteiger partial charge >= 0.3 is 0 Å². The van der Waals surface area contributed by atoms with E-state index in [1.165, 1.54) is 5.57 Å². The molecule has 1 aliphatic heterocycles. The fourth-order valence-corrected chi connectivity index (χ4v) is 0.857. The Balaban J connectivity index is 2.48. The van der Waals surface area contributed by atoms with Crippen LogP contribution in [0.25, 0.3) is 0 Å². The van der Waals surface area contributed by atoms with Gasteiger partial charge in [-0.05, 0) is 13.3 Å². The van der Waals surface area contributed by atoms with Crippen molar-refractivity contribution in [3.05, 3.63) is 11.6 Å². The van der Waals surface area contributed by atoms with E-state index in [-0.39, 0.29) is 6.04 Å². The smallest absolute Gasteiger partial charge is 0.0990 e. The molecule has 0 radical (unpaired) electrons. The summed E-state index contributed by atoms with van der Waals surface area (Å²) in [6, 6.07) is 2.22. The second-order valence-electron chi connectivity index (χ2n) is 2.35. The summed E-state index contributed by atoms with van der Waals surface area (Å²) < 4.78 is 0. The molecule has 48 valence electrons. The van der Waals surface area contributed by atoms with Crippen LogP contribution in [-0.2, 0) is 0 Å². The van der Waals surface area contributed by atoms with E-state index < -0.39 is 0 Å². The van der Waals surface area contributed by atoms with Crippen molar-refractivity contribution in [1.82, 2.24) is 5.32 Å². The largest absolute Gasteiger partial charge is 0.298 e. The van der Waals surface area contributed by atoms with Crippen molar-refractivity contribution in [1.29, 1.82) is 5.26 Å². The van der Waals surface area contributed by atoms with Crippen LogP contribution in [0, 0.1) is 11.3 Å². The maximum atomic E-state index is 8.44. The summed E-state index contributed by atoms with van der Waals surface area (Å²) in [5.41, 5.74) is 1.33. The van der Waals surface area contributed by atoms with Gasteiger partial charge in [-0.15, -0.1) is 0 Å². The molecule has 0 spiro atoms. The van der Waals surface area contributed by atoms with E-state index in [4.69, 9.17) is 5.26 Å². The highest BCUT2D eigenvalue weighted by Gasteiger charge is 2.08. The van der Waals surface area contributed by atoms with E-state index in [2.05, 4.69) is 24.4 Å². The monoisotopic (exact) mass is 122 g/mol. The van der Waals surface area contributed by atoms with Crippen molar-refractivity contribution in [3.63, 3.8) is 0 Å². The van der Waals surface area contributed by atoms with Gasteiger partial charge < -0.3 is 0 Å². The van der Waals surface area contributed by atoms with Crippen molar-refractivity contribution >= 4 is 0 Å². The Hall–Kier alpha value is -0.810. The first-order valence-corrected chi connectivity index (χ1v) is 3.11. The Morgan fingerprint density at radius 3 is 3.11 bits per heavy atom. The zero-order valence-corrected chi connectivity index (χ0v) is 5.52. The molecule has 0 amide bonds. The second-order valence-corrected chi connectivity index (χ2v) is 2.35. The van der Waals surface area contributed by atoms with Gasteiger partial charge in [0.1, 0.15) is 0 Å². The molecule has 0 saturated carbocycles. The SMILES string of the molecule is CC1=CCC(C#N)NC1. The molecule has 1 atom stereocenters. The van der Waals surface area contributed by atoms with Crippen LogP contribution < -0.4 is 5.32 Å². The first-order valence-electron chi connectivity index (χ1n) is 3.11.